The summed E-state index contributed by atoms with van der Waals surface area (Å²) in [6, 6.07) is 0. The highest BCUT2D eigenvalue weighted by Crippen LogP contribution is 2.29. The van der Waals surface area contributed by atoms with Crippen LogP contribution in [0.1, 0.15) is 6.23 Å². The second-order valence-electron chi connectivity index (χ2n) is 3.57. The smallest absolute Gasteiger partial charge is 0.347 e. The Morgan fingerprint density at radius 3 is 2.82 bits per heavy atom. The van der Waals surface area contributed by atoms with E-state index in [1.165, 1.54) is 0 Å². The molecule has 1 aromatic rings. The normalized spacial score (nSPS) is 32.9. The summed E-state index contributed by atoms with van der Waals surface area (Å²) in [5.74, 6) is 0. The van der Waals surface area contributed by atoms with E-state index in [2.05, 4.69) is 5.10 Å². The fourth-order valence-electron chi connectivity index (χ4n) is 1.60. The Bertz CT molecular complexity index is 514. The second kappa shape index (κ2) is 4.35. The zero-order valence-electron chi connectivity index (χ0n) is 8.49. The van der Waals surface area contributed by atoms with E-state index in [0.717, 1.165) is 6.20 Å². The van der Waals surface area contributed by atoms with Crippen molar-refractivity contribution in [3.8, 4) is 0 Å². The van der Waals surface area contributed by atoms with E-state index < -0.39 is 42.5 Å². The number of aliphatic hydroxyl groups is 2. The van der Waals surface area contributed by atoms with Gasteiger partial charge in [0, 0.05) is 0 Å². The third-order valence-corrected chi connectivity index (χ3v) is 2.45. The predicted molar refractivity (Wildman–Crippen MR) is 51.0 cm³/mol. The highest BCUT2D eigenvalue weighted by Gasteiger charge is 2.45. The molecule has 9 heteroatoms. The van der Waals surface area contributed by atoms with E-state index in [4.69, 9.17) is 9.84 Å². The SMILES string of the molecule is O=c1cnn([C@@H]2O[C@H](CO)C(O)C2F)c(=O)[nH]1. The van der Waals surface area contributed by atoms with E-state index >= 15 is 0 Å². The van der Waals surface area contributed by atoms with Gasteiger partial charge in [0.2, 0.25) is 0 Å². The molecule has 1 aliphatic heterocycles. The largest absolute Gasteiger partial charge is 0.394 e. The van der Waals surface area contributed by atoms with Crippen molar-refractivity contribution in [2.75, 3.05) is 6.61 Å². The van der Waals surface area contributed by atoms with E-state index in [1.54, 1.807) is 0 Å². The molecule has 0 bridgehead atoms. The predicted octanol–water partition coefficient (Wildman–Crippen LogP) is -2.48. The maximum absolute atomic E-state index is 13.6. The first kappa shape index (κ1) is 11.9. The molecule has 2 heterocycles. The molecule has 1 saturated heterocycles. The lowest BCUT2D eigenvalue weighted by Crippen LogP contribution is -2.37. The first-order valence-corrected chi connectivity index (χ1v) is 4.81. The molecule has 0 aliphatic carbocycles. The molecule has 1 aliphatic rings. The average Bonchev–Trinajstić information content (AvgIpc) is 2.57. The maximum Gasteiger partial charge on any atom is 0.347 e. The summed E-state index contributed by atoms with van der Waals surface area (Å²) in [6.07, 6.45) is -5.27. The summed E-state index contributed by atoms with van der Waals surface area (Å²) in [6.45, 7) is -0.587. The number of hydrogen-bond donors (Lipinski definition) is 3. The Labute approximate surface area is 93.3 Å². The van der Waals surface area contributed by atoms with Gasteiger partial charge in [-0.3, -0.25) is 9.78 Å². The molecule has 4 atom stereocenters. The second-order valence-corrected chi connectivity index (χ2v) is 3.57. The van der Waals surface area contributed by atoms with Gasteiger partial charge in [0.25, 0.3) is 5.56 Å². The number of aromatic nitrogens is 3. The molecular formula is C8H10FN3O5. The molecule has 0 radical (unpaired) electrons. The lowest BCUT2D eigenvalue weighted by atomic mass is 10.1. The van der Waals surface area contributed by atoms with Crippen molar-refractivity contribution in [1.82, 2.24) is 14.8 Å². The number of H-pyrrole nitrogens is 1. The summed E-state index contributed by atoms with van der Waals surface area (Å²) in [5, 5.41) is 21.6. The van der Waals surface area contributed by atoms with Crippen molar-refractivity contribution in [3.63, 3.8) is 0 Å². The Balaban J connectivity index is 2.35. The Hall–Kier alpha value is -1.58. The van der Waals surface area contributed by atoms with Crippen molar-refractivity contribution >= 4 is 0 Å². The van der Waals surface area contributed by atoms with Gasteiger partial charge in [-0.25, -0.2) is 9.18 Å². The molecule has 0 aromatic carbocycles. The Morgan fingerprint density at radius 2 is 2.29 bits per heavy atom. The van der Waals surface area contributed by atoms with Crippen LogP contribution in [0.5, 0.6) is 0 Å². The number of nitrogens with zero attached hydrogens (tertiary/aromatic N) is 2. The fraction of sp³-hybridized carbons (Fsp3) is 0.625. The van der Waals surface area contributed by atoms with Gasteiger partial charge in [-0.1, -0.05) is 0 Å². The first-order chi connectivity index (χ1) is 8.04. The van der Waals surface area contributed by atoms with E-state index in [0.29, 0.717) is 4.68 Å². The van der Waals surface area contributed by atoms with Crippen LogP contribution in [-0.4, -0.2) is 50.0 Å². The highest BCUT2D eigenvalue weighted by molar-refractivity contribution is 4.89. The van der Waals surface area contributed by atoms with Crippen LogP contribution in [0.3, 0.4) is 0 Å². The maximum atomic E-state index is 13.6. The van der Waals surface area contributed by atoms with Gasteiger partial charge >= 0.3 is 5.69 Å². The Kier molecular flexibility index (Phi) is 3.05. The molecule has 1 aromatic heterocycles. The summed E-state index contributed by atoms with van der Waals surface area (Å²) < 4.78 is 19.1. The zero-order chi connectivity index (χ0) is 12.6. The van der Waals surface area contributed by atoms with E-state index in [1.807, 2.05) is 4.98 Å². The monoisotopic (exact) mass is 247 g/mol. The number of aromatic amines is 1. The molecule has 17 heavy (non-hydrogen) atoms. The van der Waals surface area contributed by atoms with Crippen molar-refractivity contribution in [1.29, 1.82) is 0 Å². The van der Waals surface area contributed by atoms with Crippen molar-refractivity contribution in [2.24, 2.45) is 0 Å². The van der Waals surface area contributed by atoms with Gasteiger partial charge < -0.3 is 14.9 Å². The third kappa shape index (κ3) is 1.99. The van der Waals surface area contributed by atoms with Crippen molar-refractivity contribution in [2.45, 2.75) is 24.6 Å². The standard InChI is InChI=1S/C8H10FN3O5/c9-5-6(15)3(2-13)17-7(5)12-8(16)11-4(14)1-10-12/h1,3,5-7,13,15H,2H2,(H,11,14,16)/t3-,5?,6?,7-/m1/s1. The van der Waals surface area contributed by atoms with Crippen LogP contribution in [0.2, 0.25) is 0 Å². The summed E-state index contributed by atoms with van der Waals surface area (Å²) >= 11 is 0. The lowest BCUT2D eigenvalue weighted by Gasteiger charge is -2.13. The summed E-state index contributed by atoms with van der Waals surface area (Å²) in [7, 11) is 0. The van der Waals surface area contributed by atoms with Crippen LogP contribution in [0, 0.1) is 0 Å². The number of ether oxygens (including phenoxy) is 1. The number of aliphatic hydroxyl groups excluding tert-OH is 2. The van der Waals surface area contributed by atoms with Gasteiger partial charge in [-0.05, 0) is 0 Å². The molecule has 0 amide bonds. The van der Waals surface area contributed by atoms with Crippen LogP contribution in [0.25, 0.3) is 0 Å². The highest BCUT2D eigenvalue weighted by atomic mass is 19.1. The van der Waals surface area contributed by atoms with Crippen LogP contribution < -0.4 is 11.2 Å². The van der Waals surface area contributed by atoms with Gasteiger partial charge in [0.15, 0.2) is 12.4 Å². The third-order valence-electron chi connectivity index (χ3n) is 2.45. The number of hydrogen-bond acceptors (Lipinski definition) is 6. The Morgan fingerprint density at radius 1 is 1.59 bits per heavy atom. The molecule has 2 unspecified atom stereocenters. The minimum Gasteiger partial charge on any atom is -0.394 e. The molecule has 2 rings (SSSR count). The first-order valence-electron chi connectivity index (χ1n) is 4.81. The number of nitrogens with one attached hydrogen (secondary N) is 1. The molecule has 3 N–H and O–H groups in total. The van der Waals surface area contributed by atoms with Gasteiger partial charge in [-0.15, -0.1) is 0 Å². The van der Waals surface area contributed by atoms with Crippen LogP contribution in [-0.2, 0) is 4.74 Å². The van der Waals surface area contributed by atoms with Crippen molar-refractivity contribution in [3.05, 3.63) is 27.0 Å². The number of alkyl halides is 1. The van der Waals surface area contributed by atoms with E-state index in [-0.39, 0.29) is 0 Å². The van der Waals surface area contributed by atoms with Crippen molar-refractivity contribution < 1.29 is 19.3 Å². The molecule has 94 valence electrons. The summed E-state index contributed by atoms with van der Waals surface area (Å²) in [5.41, 5.74) is -1.67. The van der Waals surface area contributed by atoms with Gasteiger partial charge in [0.1, 0.15) is 18.4 Å². The van der Waals surface area contributed by atoms with Crippen LogP contribution >= 0.6 is 0 Å². The zero-order valence-corrected chi connectivity index (χ0v) is 8.49. The average molecular weight is 247 g/mol. The molecular weight excluding hydrogens is 237 g/mol. The molecule has 1 fully saturated rings. The van der Waals surface area contributed by atoms with Gasteiger partial charge in [-0.2, -0.15) is 9.78 Å². The number of halogens is 1. The van der Waals surface area contributed by atoms with Crippen LogP contribution in [0.4, 0.5) is 4.39 Å². The topological polar surface area (TPSA) is 117 Å². The van der Waals surface area contributed by atoms with E-state index in [9.17, 15) is 19.1 Å². The minimum absolute atomic E-state index is 0.574. The molecule has 0 spiro atoms. The van der Waals surface area contributed by atoms with Gasteiger partial charge in [0.05, 0.1) is 6.61 Å². The van der Waals surface area contributed by atoms with Crippen LogP contribution in [0.15, 0.2) is 15.8 Å². The summed E-state index contributed by atoms with van der Waals surface area (Å²) in [4.78, 5) is 24.0. The minimum atomic E-state index is -1.91. The lowest BCUT2D eigenvalue weighted by molar-refractivity contribution is -0.0548. The molecule has 0 saturated carbocycles. The number of rotatable bonds is 2. The fourth-order valence-corrected chi connectivity index (χ4v) is 1.60. The molecule has 8 nitrogen and oxygen atoms in total. The quantitative estimate of drug-likeness (QED) is 0.532.